The van der Waals surface area contributed by atoms with Crippen LogP contribution in [-0.4, -0.2) is 10.1 Å². The first-order chi connectivity index (χ1) is 4.88. The van der Waals surface area contributed by atoms with Gasteiger partial charge in [-0.25, -0.2) is 0 Å². The molecule has 1 heterocycles. The van der Waals surface area contributed by atoms with Gasteiger partial charge in [0.1, 0.15) is 0 Å². The first-order valence-electron chi connectivity index (χ1n) is 3.76. The molecule has 0 bridgehead atoms. The van der Waals surface area contributed by atoms with Gasteiger partial charge in [-0.1, -0.05) is 0 Å². The molecule has 2 N–H and O–H groups in total. The molecule has 0 spiro atoms. The molecule has 1 aromatic heterocycles. The normalized spacial score (nSPS) is 16.8. The number of aromatic hydroxyl groups is 1. The molecule has 2 nitrogen and oxygen atoms in total. The van der Waals surface area contributed by atoms with Crippen LogP contribution >= 0.6 is 0 Å². The van der Waals surface area contributed by atoms with Crippen LogP contribution < -0.4 is 0 Å². The van der Waals surface area contributed by atoms with Crippen molar-refractivity contribution < 1.29 is 5.11 Å². The van der Waals surface area contributed by atoms with Crippen LogP contribution in [0.15, 0.2) is 6.20 Å². The fourth-order valence-corrected chi connectivity index (χ4v) is 1.60. The van der Waals surface area contributed by atoms with Crippen molar-refractivity contribution in [3.05, 3.63) is 17.3 Å². The molecule has 0 atom stereocenters. The summed E-state index contributed by atoms with van der Waals surface area (Å²) in [6.45, 7) is 0. The molecular formula is C8H11NO. The molecule has 0 radical (unpaired) electrons. The summed E-state index contributed by atoms with van der Waals surface area (Å²) in [6.07, 6.45) is 6.59. The quantitative estimate of drug-likeness (QED) is 0.559. The summed E-state index contributed by atoms with van der Waals surface area (Å²) in [5, 5.41) is 9.24. The van der Waals surface area contributed by atoms with Gasteiger partial charge < -0.3 is 10.1 Å². The van der Waals surface area contributed by atoms with Crippen LogP contribution in [0.25, 0.3) is 0 Å². The molecule has 1 aromatic rings. The Kier molecular flexibility index (Phi) is 1.19. The van der Waals surface area contributed by atoms with Crippen molar-refractivity contribution in [1.29, 1.82) is 0 Å². The smallest absolute Gasteiger partial charge is 0.191 e. The minimum Gasteiger partial charge on any atom is -0.494 e. The van der Waals surface area contributed by atoms with E-state index in [1.165, 1.54) is 18.4 Å². The molecule has 2 rings (SSSR count). The van der Waals surface area contributed by atoms with Crippen molar-refractivity contribution >= 4 is 0 Å². The number of aromatic amines is 1. The van der Waals surface area contributed by atoms with Gasteiger partial charge in [0.25, 0.3) is 0 Å². The fraction of sp³-hybridized carbons (Fsp3) is 0.500. The number of H-pyrrole nitrogens is 1. The van der Waals surface area contributed by atoms with E-state index in [4.69, 9.17) is 0 Å². The van der Waals surface area contributed by atoms with Gasteiger partial charge >= 0.3 is 0 Å². The van der Waals surface area contributed by atoms with Crippen LogP contribution in [-0.2, 0) is 12.8 Å². The van der Waals surface area contributed by atoms with Gasteiger partial charge in [-0.2, -0.15) is 0 Å². The molecule has 1 aliphatic carbocycles. The standard InChI is InChI=1S/C8H11NO/c10-8-7-4-2-1-3-6(7)5-9-8/h5,9-10H,1-4H2. The average Bonchev–Trinajstić information content (AvgIpc) is 2.34. The largest absolute Gasteiger partial charge is 0.494 e. The summed E-state index contributed by atoms with van der Waals surface area (Å²) in [6, 6.07) is 0. The summed E-state index contributed by atoms with van der Waals surface area (Å²) in [7, 11) is 0. The van der Waals surface area contributed by atoms with Gasteiger partial charge in [-0.15, -0.1) is 0 Å². The lowest BCUT2D eigenvalue weighted by atomic mass is 9.96. The number of hydrogen-bond donors (Lipinski definition) is 2. The first kappa shape index (κ1) is 5.83. The molecule has 10 heavy (non-hydrogen) atoms. The van der Waals surface area contributed by atoms with Crippen molar-refractivity contribution in [2.45, 2.75) is 25.7 Å². The first-order valence-corrected chi connectivity index (χ1v) is 3.76. The maximum Gasteiger partial charge on any atom is 0.191 e. The van der Waals surface area contributed by atoms with Gasteiger partial charge in [0, 0.05) is 11.8 Å². The van der Waals surface area contributed by atoms with Crippen molar-refractivity contribution in [2.75, 3.05) is 0 Å². The Morgan fingerprint density at radius 1 is 1.30 bits per heavy atom. The molecule has 2 heteroatoms. The maximum atomic E-state index is 9.24. The van der Waals surface area contributed by atoms with E-state index in [1.807, 2.05) is 6.20 Å². The van der Waals surface area contributed by atoms with E-state index in [2.05, 4.69) is 4.98 Å². The zero-order valence-electron chi connectivity index (χ0n) is 5.85. The molecule has 0 unspecified atom stereocenters. The third kappa shape index (κ3) is 0.719. The van der Waals surface area contributed by atoms with Crippen LogP contribution in [0, 0.1) is 0 Å². The van der Waals surface area contributed by atoms with Crippen LogP contribution in [0.1, 0.15) is 24.0 Å². The van der Waals surface area contributed by atoms with Crippen LogP contribution in [0.3, 0.4) is 0 Å². The van der Waals surface area contributed by atoms with Crippen molar-refractivity contribution in [3.8, 4) is 5.88 Å². The number of aromatic nitrogens is 1. The topological polar surface area (TPSA) is 36.0 Å². The highest BCUT2D eigenvalue weighted by atomic mass is 16.3. The minimum absolute atomic E-state index is 0.384. The monoisotopic (exact) mass is 137 g/mol. The second kappa shape index (κ2) is 2.04. The predicted molar refractivity (Wildman–Crippen MR) is 39.1 cm³/mol. The summed E-state index contributed by atoms with van der Waals surface area (Å²) < 4.78 is 0. The van der Waals surface area contributed by atoms with Crippen molar-refractivity contribution in [1.82, 2.24) is 4.98 Å². The highest BCUT2D eigenvalue weighted by molar-refractivity contribution is 5.36. The van der Waals surface area contributed by atoms with E-state index in [0.29, 0.717) is 5.88 Å². The number of fused-ring (bicyclic) bond motifs is 1. The Balaban J connectivity index is 2.45. The Labute approximate surface area is 59.9 Å². The highest BCUT2D eigenvalue weighted by Gasteiger charge is 2.13. The highest BCUT2D eigenvalue weighted by Crippen LogP contribution is 2.27. The fourth-order valence-electron chi connectivity index (χ4n) is 1.60. The number of aryl methyl sites for hydroxylation is 1. The van der Waals surface area contributed by atoms with E-state index < -0.39 is 0 Å². The second-order valence-electron chi connectivity index (χ2n) is 2.85. The van der Waals surface area contributed by atoms with Crippen LogP contribution in [0.4, 0.5) is 0 Å². The van der Waals surface area contributed by atoms with E-state index in [-0.39, 0.29) is 0 Å². The minimum atomic E-state index is 0.384. The Hall–Kier alpha value is -0.920. The zero-order chi connectivity index (χ0) is 6.97. The molecule has 0 aromatic carbocycles. The molecular weight excluding hydrogens is 126 g/mol. The van der Waals surface area contributed by atoms with Crippen LogP contribution in [0.2, 0.25) is 0 Å². The van der Waals surface area contributed by atoms with E-state index in [1.54, 1.807) is 0 Å². The lowest BCUT2D eigenvalue weighted by Crippen LogP contribution is -1.98. The molecule has 1 aliphatic rings. The van der Waals surface area contributed by atoms with Gasteiger partial charge in [-0.05, 0) is 31.2 Å². The van der Waals surface area contributed by atoms with Gasteiger partial charge in [0.15, 0.2) is 5.88 Å². The Morgan fingerprint density at radius 2 is 2.10 bits per heavy atom. The Morgan fingerprint density at radius 3 is 2.90 bits per heavy atom. The number of hydrogen-bond acceptors (Lipinski definition) is 1. The van der Waals surface area contributed by atoms with Crippen molar-refractivity contribution in [2.24, 2.45) is 0 Å². The maximum absolute atomic E-state index is 9.24. The summed E-state index contributed by atoms with van der Waals surface area (Å²) in [5.41, 5.74) is 2.45. The molecule has 0 saturated heterocycles. The molecule has 0 aliphatic heterocycles. The predicted octanol–water partition coefficient (Wildman–Crippen LogP) is 1.60. The second-order valence-corrected chi connectivity index (χ2v) is 2.85. The number of nitrogens with one attached hydrogen (secondary N) is 1. The molecule has 0 fully saturated rings. The lowest BCUT2D eigenvalue weighted by molar-refractivity contribution is 0.447. The lowest BCUT2D eigenvalue weighted by Gasteiger charge is -2.09. The summed E-state index contributed by atoms with van der Waals surface area (Å²) in [5.74, 6) is 0.384. The van der Waals surface area contributed by atoms with Gasteiger partial charge in [0.2, 0.25) is 0 Å². The SMILES string of the molecule is Oc1[nH]cc2c1CCCC2. The van der Waals surface area contributed by atoms with Gasteiger partial charge in [-0.3, -0.25) is 0 Å². The van der Waals surface area contributed by atoms with Crippen LogP contribution in [0.5, 0.6) is 5.88 Å². The van der Waals surface area contributed by atoms with E-state index in [0.717, 1.165) is 18.4 Å². The molecule has 54 valence electrons. The van der Waals surface area contributed by atoms with E-state index >= 15 is 0 Å². The third-order valence-electron chi connectivity index (χ3n) is 2.18. The Bertz CT molecular complexity index is 239. The summed E-state index contributed by atoms with van der Waals surface area (Å²) in [4.78, 5) is 2.83. The number of rotatable bonds is 0. The van der Waals surface area contributed by atoms with Crippen molar-refractivity contribution in [3.63, 3.8) is 0 Å². The molecule has 0 amide bonds. The summed E-state index contributed by atoms with van der Waals surface area (Å²) >= 11 is 0. The van der Waals surface area contributed by atoms with E-state index in [9.17, 15) is 5.11 Å². The molecule has 0 saturated carbocycles. The zero-order valence-corrected chi connectivity index (χ0v) is 5.85. The third-order valence-corrected chi connectivity index (χ3v) is 2.18. The average molecular weight is 137 g/mol. The van der Waals surface area contributed by atoms with Gasteiger partial charge in [0.05, 0.1) is 0 Å².